The Kier molecular flexibility index (Phi) is 7.88. The van der Waals surface area contributed by atoms with Crippen LogP contribution in [0.3, 0.4) is 0 Å². The van der Waals surface area contributed by atoms with Gasteiger partial charge in [0.05, 0.1) is 36.4 Å². The Balaban J connectivity index is 1.75. The van der Waals surface area contributed by atoms with Gasteiger partial charge in [-0.25, -0.2) is 0 Å². The molecule has 3 aromatic rings. The van der Waals surface area contributed by atoms with Crippen molar-refractivity contribution in [1.82, 2.24) is 14.5 Å². The lowest BCUT2D eigenvalue weighted by Crippen LogP contribution is -2.42. The molecule has 8 heteroatoms. The highest BCUT2D eigenvalue weighted by Gasteiger charge is 2.34. The fourth-order valence-corrected chi connectivity index (χ4v) is 4.96. The van der Waals surface area contributed by atoms with Crippen LogP contribution in [-0.4, -0.2) is 45.2 Å². The van der Waals surface area contributed by atoms with Crippen LogP contribution < -0.4 is 5.56 Å². The van der Waals surface area contributed by atoms with Crippen molar-refractivity contribution in [1.29, 1.82) is 0 Å². The molecule has 0 amide bonds. The van der Waals surface area contributed by atoms with E-state index in [2.05, 4.69) is 9.88 Å². The van der Waals surface area contributed by atoms with Crippen molar-refractivity contribution in [2.24, 2.45) is 5.92 Å². The Morgan fingerprint density at radius 2 is 1.97 bits per heavy atom. The van der Waals surface area contributed by atoms with Gasteiger partial charge in [0.1, 0.15) is 5.75 Å². The molecule has 1 atom stereocenters. The van der Waals surface area contributed by atoms with Crippen LogP contribution in [0.5, 0.6) is 5.75 Å². The van der Waals surface area contributed by atoms with Gasteiger partial charge in [0.2, 0.25) is 0 Å². The zero-order valence-electron chi connectivity index (χ0n) is 20.0. The molecule has 35 heavy (non-hydrogen) atoms. The summed E-state index contributed by atoms with van der Waals surface area (Å²) in [5.74, 6) is -0.400. The molecule has 184 valence electrons. The fraction of sp³-hybridized carbons (Fsp3) is 0.370. The molecule has 0 aliphatic carbocycles. The predicted octanol–water partition coefficient (Wildman–Crippen LogP) is 4.32. The average molecular weight is 496 g/mol. The largest absolute Gasteiger partial charge is 0.507 e. The van der Waals surface area contributed by atoms with Crippen LogP contribution >= 0.6 is 11.6 Å². The third-order valence-electron chi connectivity index (χ3n) is 6.52. The summed E-state index contributed by atoms with van der Waals surface area (Å²) in [5, 5.41) is 11.6. The summed E-state index contributed by atoms with van der Waals surface area (Å²) in [7, 11) is 0. The van der Waals surface area contributed by atoms with Crippen LogP contribution in [0.2, 0.25) is 5.02 Å². The first-order valence-electron chi connectivity index (χ1n) is 11.9. The van der Waals surface area contributed by atoms with Crippen molar-refractivity contribution >= 4 is 17.6 Å². The minimum absolute atomic E-state index is 0.0535. The van der Waals surface area contributed by atoms with Gasteiger partial charge in [0, 0.05) is 16.9 Å². The van der Waals surface area contributed by atoms with Gasteiger partial charge in [0.25, 0.3) is 5.56 Å². The van der Waals surface area contributed by atoms with Crippen LogP contribution in [0.1, 0.15) is 48.3 Å². The normalized spacial score (nSPS) is 15.6. The van der Waals surface area contributed by atoms with Crippen molar-refractivity contribution in [3.8, 4) is 5.75 Å². The lowest BCUT2D eigenvalue weighted by atomic mass is 9.91. The summed E-state index contributed by atoms with van der Waals surface area (Å²) in [6.45, 7) is 5.41. The molecule has 0 unspecified atom stereocenters. The highest BCUT2D eigenvalue weighted by molar-refractivity contribution is 6.30. The topological polar surface area (TPSA) is 84.7 Å². The Bertz CT molecular complexity index is 1240. The molecule has 1 aliphatic heterocycles. The molecule has 1 aliphatic rings. The second-order valence-electron chi connectivity index (χ2n) is 8.82. The minimum atomic E-state index is -0.514. The van der Waals surface area contributed by atoms with Gasteiger partial charge < -0.3 is 14.4 Å². The Morgan fingerprint density at radius 1 is 1.20 bits per heavy atom. The standard InChI is InChI=1S/C27H30ClN3O4/c1-3-35-27(34)19-10-13-30(14-11-19)25(20-7-6-8-21(28)16-20)24-23(32)15-18(2)31(26(24)33)17-22-9-4-5-12-29-22/h4-9,12,15-16,19,25,32H,3,10-11,13-14,17H2,1-2H3/t25-/m1/s1. The SMILES string of the molecule is CCOC(=O)C1CCN([C@H](c2cccc(Cl)c2)c2c(O)cc(C)n(Cc3ccccn3)c2=O)CC1. The van der Waals surface area contributed by atoms with Crippen molar-refractivity contribution in [3.63, 3.8) is 0 Å². The smallest absolute Gasteiger partial charge is 0.309 e. The van der Waals surface area contributed by atoms with Gasteiger partial charge >= 0.3 is 5.97 Å². The van der Waals surface area contributed by atoms with Gasteiger partial charge in [0.15, 0.2) is 0 Å². The number of aryl methyl sites for hydroxylation is 1. The number of hydrogen-bond acceptors (Lipinski definition) is 6. The van der Waals surface area contributed by atoms with E-state index in [0.717, 1.165) is 11.3 Å². The fourth-order valence-electron chi connectivity index (χ4n) is 4.77. The zero-order valence-corrected chi connectivity index (χ0v) is 20.7. The average Bonchev–Trinajstić information content (AvgIpc) is 2.85. The number of pyridine rings is 2. The second-order valence-corrected chi connectivity index (χ2v) is 9.25. The van der Waals surface area contributed by atoms with Crippen molar-refractivity contribution in [3.05, 3.63) is 92.6 Å². The number of carbonyl (C=O) groups is 1. The number of hydrogen-bond donors (Lipinski definition) is 1. The molecule has 4 rings (SSSR count). The predicted molar refractivity (Wildman–Crippen MR) is 135 cm³/mol. The van der Waals surface area contributed by atoms with E-state index in [1.165, 1.54) is 0 Å². The van der Waals surface area contributed by atoms with Gasteiger partial charge in [-0.3, -0.25) is 19.5 Å². The molecular formula is C27H30ClN3O4. The van der Waals surface area contributed by atoms with Gasteiger partial charge in [-0.1, -0.05) is 29.8 Å². The van der Waals surface area contributed by atoms with Gasteiger partial charge in [-0.05, 0) is 75.7 Å². The number of rotatable bonds is 7. The van der Waals surface area contributed by atoms with Crippen molar-refractivity contribution in [2.45, 2.75) is 39.3 Å². The number of piperidine rings is 1. The zero-order chi connectivity index (χ0) is 24.9. The van der Waals surface area contributed by atoms with E-state index >= 15 is 0 Å². The highest BCUT2D eigenvalue weighted by Crippen LogP contribution is 2.36. The number of aromatic hydroxyl groups is 1. The molecule has 0 saturated carbocycles. The monoisotopic (exact) mass is 495 g/mol. The molecule has 3 heterocycles. The second kappa shape index (κ2) is 11.1. The Hall–Kier alpha value is -3.16. The van der Waals surface area contributed by atoms with E-state index < -0.39 is 6.04 Å². The van der Waals surface area contributed by atoms with Crippen LogP contribution in [0.25, 0.3) is 0 Å². The molecule has 1 N–H and O–H groups in total. The molecule has 1 aromatic carbocycles. The summed E-state index contributed by atoms with van der Waals surface area (Å²) < 4.78 is 6.85. The summed E-state index contributed by atoms with van der Waals surface area (Å²) >= 11 is 6.32. The molecule has 0 radical (unpaired) electrons. The summed E-state index contributed by atoms with van der Waals surface area (Å²) in [4.78, 5) is 32.6. The van der Waals surface area contributed by atoms with Crippen LogP contribution in [-0.2, 0) is 16.1 Å². The van der Waals surface area contributed by atoms with E-state index in [1.807, 2.05) is 36.4 Å². The number of benzene rings is 1. The van der Waals surface area contributed by atoms with Crippen molar-refractivity contribution < 1.29 is 14.6 Å². The molecule has 1 fully saturated rings. The number of nitrogens with zero attached hydrogens (tertiary/aromatic N) is 3. The first-order valence-corrected chi connectivity index (χ1v) is 12.3. The van der Waals surface area contributed by atoms with Crippen LogP contribution in [0.4, 0.5) is 0 Å². The maximum Gasteiger partial charge on any atom is 0.309 e. The molecule has 0 spiro atoms. The lowest BCUT2D eigenvalue weighted by molar-refractivity contribution is -0.149. The molecule has 7 nitrogen and oxygen atoms in total. The highest BCUT2D eigenvalue weighted by atomic mass is 35.5. The number of likely N-dealkylation sites (tertiary alicyclic amines) is 1. The maximum atomic E-state index is 13.9. The summed E-state index contributed by atoms with van der Waals surface area (Å²) in [6, 6.07) is 14.1. The lowest BCUT2D eigenvalue weighted by Gasteiger charge is -2.37. The first-order chi connectivity index (χ1) is 16.9. The Morgan fingerprint density at radius 3 is 2.63 bits per heavy atom. The third-order valence-corrected chi connectivity index (χ3v) is 6.76. The van der Waals surface area contributed by atoms with Gasteiger partial charge in [-0.15, -0.1) is 0 Å². The Labute approximate surface area is 209 Å². The van der Waals surface area contributed by atoms with Gasteiger partial charge in [-0.2, -0.15) is 0 Å². The molecule has 0 bridgehead atoms. The summed E-state index contributed by atoms with van der Waals surface area (Å²) in [6.07, 6.45) is 2.93. The number of aromatic nitrogens is 2. The van der Waals surface area contributed by atoms with E-state index in [9.17, 15) is 14.7 Å². The number of ether oxygens (including phenoxy) is 1. The van der Waals surface area contributed by atoms with E-state index in [-0.39, 0.29) is 23.2 Å². The molecule has 2 aromatic heterocycles. The molecule has 1 saturated heterocycles. The number of esters is 1. The van der Waals surface area contributed by atoms with Crippen LogP contribution in [0.15, 0.2) is 59.5 Å². The van der Waals surface area contributed by atoms with E-state index in [0.29, 0.717) is 55.4 Å². The quantitative estimate of drug-likeness (QED) is 0.491. The maximum absolute atomic E-state index is 13.9. The van der Waals surface area contributed by atoms with E-state index in [4.69, 9.17) is 16.3 Å². The molecular weight excluding hydrogens is 466 g/mol. The van der Waals surface area contributed by atoms with Crippen molar-refractivity contribution in [2.75, 3.05) is 19.7 Å². The number of halogens is 1. The first kappa shape index (κ1) is 24.9. The minimum Gasteiger partial charge on any atom is -0.507 e. The number of carbonyl (C=O) groups excluding carboxylic acids is 1. The third kappa shape index (κ3) is 5.57. The van der Waals surface area contributed by atoms with E-state index in [1.54, 1.807) is 36.7 Å². The van der Waals surface area contributed by atoms with Crippen LogP contribution in [0, 0.1) is 12.8 Å². The summed E-state index contributed by atoms with van der Waals surface area (Å²) in [5.41, 5.74) is 2.23.